The summed E-state index contributed by atoms with van der Waals surface area (Å²) < 4.78 is 2.35. The van der Waals surface area contributed by atoms with Crippen molar-refractivity contribution in [3.8, 4) is 11.1 Å². The van der Waals surface area contributed by atoms with Gasteiger partial charge in [0, 0.05) is 8.95 Å². The van der Waals surface area contributed by atoms with Crippen LogP contribution < -0.4 is 10.4 Å². The number of benzene rings is 2. The zero-order chi connectivity index (χ0) is 10.4. The second-order valence-electron chi connectivity index (χ2n) is 3.73. The Kier molecular flexibility index (Phi) is 2.34. The molecule has 0 fully saturated rings. The minimum Gasteiger partial charge on any atom is -0.0627 e. The van der Waals surface area contributed by atoms with Crippen LogP contribution in [0.25, 0.3) is 11.1 Å². The third kappa shape index (κ3) is 1.45. The lowest BCUT2D eigenvalue weighted by atomic mass is 10.1. The molecule has 0 aromatic heterocycles. The molecule has 0 unspecified atom stereocenters. The Labute approximate surface area is 108 Å². The van der Waals surface area contributed by atoms with Crippen molar-refractivity contribution >= 4 is 51.8 Å². The predicted octanol–water partition coefficient (Wildman–Crippen LogP) is 2.31. The zero-order valence-electron chi connectivity index (χ0n) is 7.93. The van der Waals surface area contributed by atoms with Gasteiger partial charge in [-0.05, 0) is 49.1 Å². The van der Waals surface area contributed by atoms with Gasteiger partial charge in [-0.15, -0.1) is 0 Å². The predicted molar refractivity (Wildman–Crippen MR) is 75.1 cm³/mol. The Morgan fingerprint density at radius 3 is 2.53 bits per heavy atom. The van der Waals surface area contributed by atoms with Crippen molar-refractivity contribution in [3.05, 3.63) is 45.3 Å². The first-order valence-electron chi connectivity index (χ1n) is 4.82. The van der Waals surface area contributed by atoms with Crippen molar-refractivity contribution in [3.63, 3.8) is 0 Å². The number of hydrogen-bond donors (Lipinski definition) is 0. The zero-order valence-corrected chi connectivity index (χ0v) is 12.5. The van der Waals surface area contributed by atoms with E-state index in [9.17, 15) is 0 Å². The van der Waals surface area contributed by atoms with E-state index in [-0.39, 0.29) is 9.52 Å². The highest BCUT2D eigenvalue weighted by molar-refractivity contribution is 9.13. The third-order valence-electron chi connectivity index (χ3n) is 2.85. The Balaban J connectivity index is 2.36. The Hall–Kier alpha value is -0.383. The fourth-order valence-electron chi connectivity index (χ4n) is 2.15. The Morgan fingerprint density at radius 2 is 1.67 bits per heavy atom. The molecule has 0 aliphatic carbocycles. The monoisotopic (exact) mass is 338 g/mol. The summed E-state index contributed by atoms with van der Waals surface area (Å²) in [6.45, 7) is 0. The lowest BCUT2D eigenvalue weighted by molar-refractivity contribution is 1.61. The fourth-order valence-corrected chi connectivity index (χ4v) is 5.27. The summed E-state index contributed by atoms with van der Waals surface area (Å²) in [7, 11) is -0.248. The molecular weight excluding hydrogens is 332 g/mol. The lowest BCUT2D eigenvalue weighted by Gasteiger charge is -2.05. The SMILES string of the molecule is Brc1ccc2c(c1Br)-c1ccccc1[SiH2]2. The van der Waals surface area contributed by atoms with Gasteiger partial charge in [-0.25, -0.2) is 0 Å². The van der Waals surface area contributed by atoms with Crippen LogP contribution in [0.1, 0.15) is 0 Å². The molecule has 2 aromatic carbocycles. The molecule has 0 amide bonds. The number of halogens is 2. The summed E-state index contributed by atoms with van der Waals surface area (Å²) in [6.07, 6.45) is 0. The molecule has 2 aromatic rings. The van der Waals surface area contributed by atoms with Gasteiger partial charge < -0.3 is 0 Å². The van der Waals surface area contributed by atoms with Crippen LogP contribution >= 0.6 is 31.9 Å². The van der Waals surface area contributed by atoms with Crippen molar-refractivity contribution in [1.29, 1.82) is 0 Å². The minimum absolute atomic E-state index is 0.248. The maximum Gasteiger partial charge on any atom is 0.0891 e. The normalized spacial score (nSPS) is 14.0. The van der Waals surface area contributed by atoms with Gasteiger partial charge in [0.05, 0.1) is 9.52 Å². The van der Waals surface area contributed by atoms with Crippen LogP contribution in [0.5, 0.6) is 0 Å². The second kappa shape index (κ2) is 3.58. The fraction of sp³-hybridized carbons (Fsp3) is 0. The first-order chi connectivity index (χ1) is 7.27. The average Bonchev–Trinajstić information content (AvgIpc) is 2.62. The molecule has 0 N–H and O–H groups in total. The summed E-state index contributed by atoms with van der Waals surface area (Å²) in [5.41, 5.74) is 2.83. The summed E-state index contributed by atoms with van der Waals surface area (Å²) >= 11 is 7.25. The minimum atomic E-state index is -0.248. The molecule has 3 heteroatoms. The molecule has 1 heterocycles. The summed E-state index contributed by atoms with van der Waals surface area (Å²) in [4.78, 5) is 0. The first-order valence-corrected chi connectivity index (χ1v) is 7.82. The molecule has 0 saturated heterocycles. The van der Waals surface area contributed by atoms with E-state index >= 15 is 0 Å². The van der Waals surface area contributed by atoms with Gasteiger partial charge in [-0.3, -0.25) is 0 Å². The standard InChI is InChI=1S/C12H8Br2Si/c13-8-5-6-10-11(12(8)14)7-3-1-2-4-9(7)15-10/h1-6H,15H2. The first kappa shape index (κ1) is 9.82. The average molecular weight is 340 g/mol. The molecule has 74 valence electrons. The van der Waals surface area contributed by atoms with Crippen molar-refractivity contribution in [2.75, 3.05) is 0 Å². The van der Waals surface area contributed by atoms with Crippen molar-refractivity contribution in [2.45, 2.75) is 0 Å². The Bertz CT molecular complexity index is 549. The molecule has 0 nitrogen and oxygen atoms in total. The van der Waals surface area contributed by atoms with Crippen LogP contribution in [0.4, 0.5) is 0 Å². The van der Waals surface area contributed by atoms with Crippen molar-refractivity contribution in [1.82, 2.24) is 0 Å². The number of hydrogen-bond acceptors (Lipinski definition) is 0. The number of rotatable bonds is 0. The molecule has 0 atom stereocenters. The van der Waals surface area contributed by atoms with Gasteiger partial charge in [0.1, 0.15) is 0 Å². The van der Waals surface area contributed by atoms with Crippen molar-refractivity contribution in [2.24, 2.45) is 0 Å². The van der Waals surface area contributed by atoms with Crippen LogP contribution in [0.15, 0.2) is 45.3 Å². The quantitative estimate of drug-likeness (QED) is 0.551. The largest absolute Gasteiger partial charge is 0.0891 e. The molecule has 0 spiro atoms. The molecule has 1 aliphatic rings. The maximum absolute atomic E-state index is 3.68. The molecule has 3 rings (SSSR count). The highest BCUT2D eigenvalue weighted by atomic mass is 79.9. The molecule has 0 bridgehead atoms. The topological polar surface area (TPSA) is 0 Å². The molecule has 1 aliphatic heterocycles. The van der Waals surface area contributed by atoms with Crippen LogP contribution in [0.2, 0.25) is 0 Å². The third-order valence-corrected chi connectivity index (χ3v) is 6.83. The smallest absolute Gasteiger partial charge is 0.0627 e. The summed E-state index contributed by atoms with van der Waals surface area (Å²) in [6, 6.07) is 13.2. The van der Waals surface area contributed by atoms with E-state index < -0.39 is 0 Å². The van der Waals surface area contributed by atoms with Gasteiger partial charge in [-0.2, -0.15) is 0 Å². The van der Waals surface area contributed by atoms with Crippen molar-refractivity contribution < 1.29 is 0 Å². The number of fused-ring (bicyclic) bond motifs is 3. The molecular formula is C12H8Br2Si. The van der Waals surface area contributed by atoms with Gasteiger partial charge in [0.15, 0.2) is 0 Å². The van der Waals surface area contributed by atoms with E-state index in [1.54, 1.807) is 10.4 Å². The highest BCUT2D eigenvalue weighted by Crippen LogP contribution is 2.33. The second-order valence-corrected chi connectivity index (χ2v) is 7.25. The maximum atomic E-state index is 3.68. The molecule has 0 radical (unpaired) electrons. The van der Waals surface area contributed by atoms with Gasteiger partial charge in [0.25, 0.3) is 0 Å². The van der Waals surface area contributed by atoms with E-state index in [1.807, 2.05) is 0 Å². The Morgan fingerprint density at radius 1 is 0.867 bits per heavy atom. The van der Waals surface area contributed by atoms with E-state index in [0.717, 1.165) is 4.47 Å². The summed E-state index contributed by atoms with van der Waals surface area (Å²) in [5.74, 6) is 0. The van der Waals surface area contributed by atoms with Gasteiger partial charge >= 0.3 is 0 Å². The lowest BCUT2D eigenvalue weighted by Crippen LogP contribution is -2.20. The van der Waals surface area contributed by atoms with Gasteiger partial charge in [-0.1, -0.05) is 40.7 Å². The van der Waals surface area contributed by atoms with Crippen LogP contribution in [-0.2, 0) is 0 Å². The van der Waals surface area contributed by atoms with E-state index in [2.05, 4.69) is 68.3 Å². The van der Waals surface area contributed by atoms with Gasteiger partial charge in [0.2, 0.25) is 0 Å². The van der Waals surface area contributed by atoms with Crippen LogP contribution in [-0.4, -0.2) is 9.52 Å². The van der Waals surface area contributed by atoms with Crippen LogP contribution in [0, 0.1) is 0 Å². The highest BCUT2D eigenvalue weighted by Gasteiger charge is 2.21. The van der Waals surface area contributed by atoms with E-state index in [1.165, 1.54) is 15.6 Å². The van der Waals surface area contributed by atoms with Crippen LogP contribution in [0.3, 0.4) is 0 Å². The van der Waals surface area contributed by atoms with E-state index in [4.69, 9.17) is 0 Å². The van der Waals surface area contributed by atoms with E-state index in [0.29, 0.717) is 0 Å². The molecule has 15 heavy (non-hydrogen) atoms. The summed E-state index contributed by atoms with van der Waals surface area (Å²) in [5, 5.41) is 3.11. The molecule has 0 saturated carbocycles.